The monoisotopic (exact) mass is 364 g/mol. The van der Waals surface area contributed by atoms with E-state index < -0.39 is 24.5 Å². The molecule has 0 fully saturated rings. The minimum Gasteiger partial charge on any atom is -0.451 e. The Bertz CT molecular complexity index is 929. The summed E-state index contributed by atoms with van der Waals surface area (Å²) in [6.45, 7) is 0.969. The molecule has 1 aromatic heterocycles. The van der Waals surface area contributed by atoms with Crippen LogP contribution in [-0.4, -0.2) is 35.3 Å². The number of amides is 1. The largest absolute Gasteiger partial charge is 0.451 e. The van der Waals surface area contributed by atoms with E-state index in [1.165, 1.54) is 6.92 Å². The number of rotatable bonds is 7. The summed E-state index contributed by atoms with van der Waals surface area (Å²) in [5.74, 6) is -1.30. The van der Waals surface area contributed by atoms with Crippen molar-refractivity contribution in [1.29, 1.82) is 0 Å². The lowest BCUT2D eigenvalue weighted by Crippen LogP contribution is -2.43. The van der Waals surface area contributed by atoms with E-state index in [4.69, 9.17) is 4.74 Å². The number of para-hydroxylation sites is 1. The second-order valence-electron chi connectivity index (χ2n) is 6.27. The topological polar surface area (TPSA) is 88.3 Å². The number of benzene rings is 2. The number of fused-ring (bicyclic) bond motifs is 1. The average molecular weight is 364 g/mol. The molecule has 0 unspecified atom stereocenters. The number of carbonyl (C=O) groups is 3. The van der Waals surface area contributed by atoms with Crippen molar-refractivity contribution >= 4 is 28.6 Å². The Hall–Kier alpha value is -3.41. The number of nitrogens with one attached hydrogen (secondary N) is 2. The lowest BCUT2D eigenvalue weighted by atomic mass is 10.0. The number of Topliss-reactive ketones (excluding diaryl/α,β-unsaturated/α-hetero) is 1. The molecule has 0 aliphatic rings. The molecule has 27 heavy (non-hydrogen) atoms. The fourth-order valence-corrected chi connectivity index (χ4v) is 2.77. The number of ether oxygens (including phenoxy) is 1. The van der Waals surface area contributed by atoms with E-state index >= 15 is 0 Å². The molecule has 2 aromatic carbocycles. The fraction of sp³-hybridized carbons (Fsp3) is 0.190. The molecule has 0 spiro atoms. The fourth-order valence-electron chi connectivity index (χ4n) is 2.77. The smallest absolute Gasteiger partial charge is 0.355 e. The maximum atomic E-state index is 12.1. The first-order chi connectivity index (χ1) is 13.0. The van der Waals surface area contributed by atoms with Crippen molar-refractivity contribution in [3.63, 3.8) is 0 Å². The number of hydrogen-bond donors (Lipinski definition) is 2. The maximum Gasteiger partial charge on any atom is 0.355 e. The van der Waals surface area contributed by atoms with Crippen molar-refractivity contribution in [2.45, 2.75) is 19.4 Å². The van der Waals surface area contributed by atoms with E-state index in [9.17, 15) is 14.4 Å². The third-order valence-electron chi connectivity index (χ3n) is 4.19. The molecule has 0 radical (unpaired) electrons. The van der Waals surface area contributed by atoms with E-state index in [1.807, 2.05) is 54.6 Å². The lowest BCUT2D eigenvalue weighted by molar-refractivity contribution is -0.128. The SMILES string of the molecule is CC(=O)[C@@H](Cc1ccccc1)NC(=O)COC(=O)c1cc2ccccc2[nH]1. The Labute approximate surface area is 156 Å². The number of aromatic nitrogens is 1. The molecule has 0 aliphatic carbocycles. The van der Waals surface area contributed by atoms with E-state index in [-0.39, 0.29) is 11.5 Å². The van der Waals surface area contributed by atoms with Gasteiger partial charge in [-0.2, -0.15) is 0 Å². The average Bonchev–Trinajstić information content (AvgIpc) is 3.10. The molecule has 6 nitrogen and oxygen atoms in total. The zero-order chi connectivity index (χ0) is 19.2. The van der Waals surface area contributed by atoms with Gasteiger partial charge in [0.05, 0.1) is 6.04 Å². The number of carbonyl (C=O) groups excluding carboxylic acids is 3. The van der Waals surface area contributed by atoms with Crippen LogP contribution in [0.5, 0.6) is 0 Å². The molecule has 1 heterocycles. The summed E-state index contributed by atoms with van der Waals surface area (Å²) in [5.41, 5.74) is 2.03. The van der Waals surface area contributed by atoms with Crippen LogP contribution in [0.2, 0.25) is 0 Å². The molecule has 1 amide bonds. The lowest BCUT2D eigenvalue weighted by Gasteiger charge is -2.16. The van der Waals surface area contributed by atoms with Crippen LogP contribution in [0.4, 0.5) is 0 Å². The first-order valence-corrected chi connectivity index (χ1v) is 8.61. The third-order valence-corrected chi connectivity index (χ3v) is 4.19. The Balaban J connectivity index is 1.55. The molecule has 0 saturated carbocycles. The van der Waals surface area contributed by atoms with Gasteiger partial charge in [0, 0.05) is 10.9 Å². The van der Waals surface area contributed by atoms with Gasteiger partial charge in [-0.3, -0.25) is 9.59 Å². The number of aromatic amines is 1. The Morgan fingerprint density at radius 2 is 1.74 bits per heavy atom. The van der Waals surface area contributed by atoms with Gasteiger partial charge in [-0.25, -0.2) is 4.79 Å². The van der Waals surface area contributed by atoms with Crippen molar-refractivity contribution in [3.8, 4) is 0 Å². The van der Waals surface area contributed by atoms with Crippen LogP contribution in [-0.2, 0) is 20.7 Å². The van der Waals surface area contributed by atoms with E-state index in [2.05, 4.69) is 10.3 Å². The van der Waals surface area contributed by atoms with Crippen LogP contribution in [0.3, 0.4) is 0 Å². The number of hydrogen-bond acceptors (Lipinski definition) is 4. The highest BCUT2D eigenvalue weighted by molar-refractivity contribution is 5.96. The van der Waals surface area contributed by atoms with Gasteiger partial charge in [-0.1, -0.05) is 48.5 Å². The molecular formula is C21H20N2O4. The van der Waals surface area contributed by atoms with Gasteiger partial charge >= 0.3 is 5.97 Å². The molecular weight excluding hydrogens is 344 g/mol. The molecule has 6 heteroatoms. The molecule has 0 saturated heterocycles. The van der Waals surface area contributed by atoms with Crippen LogP contribution < -0.4 is 5.32 Å². The predicted octanol–water partition coefficient (Wildman–Crippen LogP) is 2.64. The summed E-state index contributed by atoms with van der Waals surface area (Å²) in [4.78, 5) is 39.0. The van der Waals surface area contributed by atoms with Crippen LogP contribution in [0.15, 0.2) is 60.7 Å². The van der Waals surface area contributed by atoms with Crippen LogP contribution in [0, 0.1) is 0 Å². The Kier molecular flexibility index (Phi) is 5.66. The van der Waals surface area contributed by atoms with Gasteiger partial charge in [0.1, 0.15) is 5.69 Å². The molecule has 1 atom stereocenters. The molecule has 3 rings (SSSR count). The maximum absolute atomic E-state index is 12.1. The third kappa shape index (κ3) is 4.82. The summed E-state index contributed by atoms with van der Waals surface area (Å²) < 4.78 is 5.06. The summed E-state index contributed by atoms with van der Waals surface area (Å²) in [7, 11) is 0. The second kappa shape index (κ2) is 8.31. The summed E-state index contributed by atoms with van der Waals surface area (Å²) in [5, 5.41) is 3.51. The van der Waals surface area contributed by atoms with Gasteiger partial charge in [0.25, 0.3) is 5.91 Å². The Morgan fingerprint density at radius 1 is 1.04 bits per heavy atom. The van der Waals surface area contributed by atoms with Crippen molar-refractivity contribution < 1.29 is 19.1 Å². The van der Waals surface area contributed by atoms with Gasteiger partial charge in [-0.15, -0.1) is 0 Å². The normalized spacial score (nSPS) is 11.7. The molecule has 0 aliphatic heterocycles. The van der Waals surface area contributed by atoms with Crippen molar-refractivity contribution in [3.05, 3.63) is 71.9 Å². The van der Waals surface area contributed by atoms with Crippen molar-refractivity contribution in [2.24, 2.45) is 0 Å². The number of ketones is 1. The van der Waals surface area contributed by atoms with Crippen LogP contribution in [0.25, 0.3) is 10.9 Å². The van der Waals surface area contributed by atoms with E-state index in [0.29, 0.717) is 6.42 Å². The second-order valence-corrected chi connectivity index (χ2v) is 6.27. The standard InChI is InChI=1S/C21H20N2O4/c1-14(24)18(11-15-7-3-2-4-8-15)23-20(25)13-27-21(26)19-12-16-9-5-6-10-17(16)22-19/h2-10,12,18,22H,11,13H2,1H3,(H,23,25)/t18-/m1/s1. The van der Waals surface area contributed by atoms with Gasteiger partial charge < -0.3 is 15.0 Å². The summed E-state index contributed by atoms with van der Waals surface area (Å²) in [6.07, 6.45) is 0.387. The summed E-state index contributed by atoms with van der Waals surface area (Å²) in [6, 6.07) is 17.9. The number of esters is 1. The van der Waals surface area contributed by atoms with Gasteiger partial charge in [0.15, 0.2) is 12.4 Å². The van der Waals surface area contributed by atoms with Crippen molar-refractivity contribution in [1.82, 2.24) is 10.3 Å². The van der Waals surface area contributed by atoms with Gasteiger partial charge in [-0.05, 0) is 31.0 Å². The first kappa shape index (κ1) is 18.4. The van der Waals surface area contributed by atoms with Crippen LogP contribution >= 0.6 is 0 Å². The predicted molar refractivity (Wildman–Crippen MR) is 101 cm³/mol. The minimum atomic E-state index is -0.660. The molecule has 3 aromatic rings. The summed E-state index contributed by atoms with van der Waals surface area (Å²) >= 11 is 0. The van der Waals surface area contributed by atoms with E-state index in [0.717, 1.165) is 16.5 Å². The highest BCUT2D eigenvalue weighted by atomic mass is 16.5. The quantitative estimate of drug-likeness (QED) is 0.631. The first-order valence-electron chi connectivity index (χ1n) is 8.61. The zero-order valence-corrected chi connectivity index (χ0v) is 14.9. The highest BCUT2D eigenvalue weighted by Crippen LogP contribution is 2.15. The molecule has 0 bridgehead atoms. The Morgan fingerprint density at radius 3 is 2.44 bits per heavy atom. The highest BCUT2D eigenvalue weighted by Gasteiger charge is 2.19. The molecule has 2 N–H and O–H groups in total. The van der Waals surface area contributed by atoms with E-state index in [1.54, 1.807) is 6.07 Å². The number of H-pyrrole nitrogens is 1. The van der Waals surface area contributed by atoms with Crippen LogP contribution in [0.1, 0.15) is 23.0 Å². The van der Waals surface area contributed by atoms with Crippen molar-refractivity contribution in [2.75, 3.05) is 6.61 Å². The molecule has 138 valence electrons. The zero-order valence-electron chi connectivity index (χ0n) is 14.9. The van der Waals surface area contributed by atoms with Gasteiger partial charge in [0.2, 0.25) is 0 Å². The minimum absolute atomic E-state index is 0.158.